The Balaban J connectivity index is 1.57. The molecular formula is C29H37BrClN6O3S+. The lowest BCUT2D eigenvalue weighted by Crippen LogP contribution is -2.91. The number of quaternary nitrogens is 1. The molecule has 1 amide bonds. The summed E-state index contributed by atoms with van der Waals surface area (Å²) in [5.41, 5.74) is 2.16. The number of carbonyl (C=O) groups is 1. The number of nitrogens with zero attached hydrogens (tertiary/aromatic N) is 3. The summed E-state index contributed by atoms with van der Waals surface area (Å²) in [4.78, 5) is 25.7. The Morgan fingerprint density at radius 2 is 1.95 bits per heavy atom. The molecule has 0 aliphatic carbocycles. The Morgan fingerprint density at radius 1 is 1.20 bits per heavy atom. The minimum Gasteiger partial charge on any atom is -0.362 e. The Morgan fingerprint density at radius 3 is 2.61 bits per heavy atom. The molecule has 0 radical (unpaired) electrons. The molecule has 12 heteroatoms. The Hall–Kier alpha value is -2.60. The first kappa shape index (κ1) is 31.3. The van der Waals surface area contributed by atoms with Crippen LogP contribution in [0.3, 0.4) is 0 Å². The Labute approximate surface area is 255 Å². The number of anilines is 1. The van der Waals surface area contributed by atoms with Crippen molar-refractivity contribution in [1.82, 2.24) is 19.7 Å². The van der Waals surface area contributed by atoms with E-state index in [4.69, 9.17) is 11.6 Å². The third-order valence-electron chi connectivity index (χ3n) is 7.29. The molecule has 0 spiro atoms. The van der Waals surface area contributed by atoms with Gasteiger partial charge in [-0.15, -0.1) is 0 Å². The lowest BCUT2D eigenvalue weighted by Gasteiger charge is -2.24. The van der Waals surface area contributed by atoms with Gasteiger partial charge in [0.05, 0.1) is 29.4 Å². The number of hydrogen-bond donors (Lipinski definition) is 3. The number of hydrogen-bond acceptors (Lipinski definition) is 7. The highest BCUT2D eigenvalue weighted by Gasteiger charge is 2.35. The standard InChI is InChI=1S/C29H36BrClN6O3S/c1-28(2,3)19-13-14-32-22(15-19)21(11-9-18-16-29(4,5)33-17-18)34-24-7-6-8-25(36-24)41(39,40)37-27(38)20-10-12-23(30)35-26(20)31/h6-8,10,12-15,18,21,33H,9,11,16-17H2,1-5H3,(H,34,36)(H,37,38)/p+1/t18-,21?/m1/s1. The number of carbonyl (C=O) groups excluding carboxylic acids is 1. The molecule has 4 heterocycles. The Kier molecular flexibility index (Phi) is 9.42. The normalized spacial score (nSPS) is 17.7. The van der Waals surface area contributed by atoms with Gasteiger partial charge < -0.3 is 10.6 Å². The van der Waals surface area contributed by atoms with Gasteiger partial charge in [0.2, 0.25) is 0 Å². The molecule has 1 fully saturated rings. The van der Waals surface area contributed by atoms with E-state index >= 15 is 0 Å². The van der Waals surface area contributed by atoms with Crippen molar-refractivity contribution in [2.75, 3.05) is 11.9 Å². The molecule has 4 N–H and O–H groups in total. The maximum atomic E-state index is 13.1. The zero-order valence-electron chi connectivity index (χ0n) is 23.9. The van der Waals surface area contributed by atoms with Crippen molar-refractivity contribution in [2.24, 2.45) is 5.92 Å². The number of halogens is 2. The molecule has 4 rings (SSSR count). The topological polar surface area (TPSA) is 131 Å². The van der Waals surface area contributed by atoms with Gasteiger partial charge in [-0.05, 0) is 90.0 Å². The highest BCUT2D eigenvalue weighted by Crippen LogP contribution is 2.30. The van der Waals surface area contributed by atoms with E-state index < -0.39 is 15.9 Å². The summed E-state index contributed by atoms with van der Waals surface area (Å²) in [6, 6.07) is 11.5. The molecule has 220 valence electrons. The number of pyridine rings is 3. The highest BCUT2D eigenvalue weighted by molar-refractivity contribution is 9.10. The van der Waals surface area contributed by atoms with E-state index in [1.54, 1.807) is 12.1 Å². The van der Waals surface area contributed by atoms with E-state index in [1.165, 1.54) is 18.2 Å². The lowest BCUT2D eigenvalue weighted by atomic mass is 9.86. The van der Waals surface area contributed by atoms with Gasteiger partial charge in [0.1, 0.15) is 15.6 Å². The van der Waals surface area contributed by atoms with Gasteiger partial charge in [-0.25, -0.2) is 14.7 Å². The van der Waals surface area contributed by atoms with Crippen molar-refractivity contribution >= 4 is 49.3 Å². The molecule has 41 heavy (non-hydrogen) atoms. The minimum absolute atomic E-state index is 0.0512. The average molecular weight is 665 g/mol. The largest absolute Gasteiger partial charge is 0.362 e. The molecule has 0 bridgehead atoms. The number of nitrogens with one attached hydrogen (secondary N) is 2. The van der Waals surface area contributed by atoms with Crippen LogP contribution in [-0.2, 0) is 15.4 Å². The quantitative estimate of drug-likeness (QED) is 0.275. The molecule has 3 aromatic heterocycles. The van der Waals surface area contributed by atoms with Crippen molar-refractivity contribution in [3.8, 4) is 0 Å². The van der Waals surface area contributed by atoms with Gasteiger partial charge in [-0.2, -0.15) is 8.42 Å². The van der Waals surface area contributed by atoms with Crippen LogP contribution in [0.5, 0.6) is 0 Å². The fourth-order valence-electron chi connectivity index (χ4n) is 5.05. The maximum Gasteiger partial charge on any atom is 0.281 e. The second-order valence-corrected chi connectivity index (χ2v) is 15.1. The van der Waals surface area contributed by atoms with E-state index in [-0.39, 0.29) is 32.7 Å². The number of amides is 1. The van der Waals surface area contributed by atoms with Gasteiger partial charge in [-0.3, -0.25) is 9.78 Å². The molecule has 0 aromatic carbocycles. The van der Waals surface area contributed by atoms with E-state index in [0.717, 1.165) is 37.1 Å². The molecule has 1 aliphatic rings. The monoisotopic (exact) mass is 663 g/mol. The van der Waals surface area contributed by atoms with E-state index in [9.17, 15) is 13.2 Å². The van der Waals surface area contributed by atoms with Crippen LogP contribution in [0.2, 0.25) is 5.15 Å². The van der Waals surface area contributed by atoms with Crippen LogP contribution in [0.4, 0.5) is 5.82 Å². The summed E-state index contributed by atoms with van der Waals surface area (Å²) in [6.45, 7) is 12.1. The average Bonchev–Trinajstić information content (AvgIpc) is 3.24. The predicted molar refractivity (Wildman–Crippen MR) is 163 cm³/mol. The van der Waals surface area contributed by atoms with Crippen molar-refractivity contribution in [3.05, 3.63) is 75.2 Å². The first-order valence-electron chi connectivity index (χ1n) is 13.6. The van der Waals surface area contributed by atoms with Gasteiger partial charge in [-0.1, -0.05) is 38.4 Å². The van der Waals surface area contributed by atoms with Crippen molar-refractivity contribution in [2.45, 2.75) is 75.9 Å². The van der Waals surface area contributed by atoms with E-state index in [1.807, 2.05) is 17.0 Å². The number of sulfonamides is 1. The third kappa shape index (κ3) is 8.24. The van der Waals surface area contributed by atoms with Crippen LogP contribution in [0.1, 0.15) is 81.5 Å². The summed E-state index contributed by atoms with van der Waals surface area (Å²) in [7, 11) is -4.29. The van der Waals surface area contributed by atoms with E-state index in [0.29, 0.717) is 16.3 Å². The van der Waals surface area contributed by atoms with Crippen LogP contribution in [0.15, 0.2) is 58.3 Å². The van der Waals surface area contributed by atoms with Gasteiger partial charge >= 0.3 is 0 Å². The highest BCUT2D eigenvalue weighted by atomic mass is 79.9. The molecule has 1 aliphatic heterocycles. The third-order valence-corrected chi connectivity index (χ3v) is 9.26. The first-order chi connectivity index (χ1) is 19.1. The number of rotatable bonds is 9. The minimum atomic E-state index is -4.29. The summed E-state index contributed by atoms with van der Waals surface area (Å²) in [5, 5.41) is 5.43. The molecule has 3 aromatic rings. The van der Waals surface area contributed by atoms with Crippen LogP contribution in [0.25, 0.3) is 0 Å². The van der Waals surface area contributed by atoms with Crippen LogP contribution >= 0.6 is 27.5 Å². The van der Waals surface area contributed by atoms with Gasteiger partial charge in [0, 0.05) is 18.5 Å². The summed E-state index contributed by atoms with van der Waals surface area (Å²) in [5.74, 6) is 0.0531. The van der Waals surface area contributed by atoms with Crippen LogP contribution < -0.4 is 15.4 Å². The predicted octanol–water partition coefficient (Wildman–Crippen LogP) is 5.00. The summed E-state index contributed by atoms with van der Waals surface area (Å²) < 4.78 is 28.7. The first-order valence-corrected chi connectivity index (χ1v) is 16.2. The van der Waals surface area contributed by atoms with Crippen molar-refractivity contribution in [1.29, 1.82) is 0 Å². The molecule has 9 nitrogen and oxygen atoms in total. The van der Waals surface area contributed by atoms with Crippen LogP contribution in [0, 0.1) is 5.92 Å². The maximum absolute atomic E-state index is 13.1. The van der Waals surface area contributed by atoms with Crippen molar-refractivity contribution < 1.29 is 18.5 Å². The molecule has 1 saturated heterocycles. The zero-order valence-corrected chi connectivity index (χ0v) is 27.1. The fourth-order valence-corrected chi connectivity index (χ4v) is 6.64. The van der Waals surface area contributed by atoms with Crippen molar-refractivity contribution in [3.63, 3.8) is 0 Å². The number of aromatic nitrogens is 3. The second kappa shape index (κ2) is 12.3. The van der Waals surface area contributed by atoms with Gasteiger partial charge in [0.15, 0.2) is 5.03 Å². The smallest absolute Gasteiger partial charge is 0.281 e. The molecule has 2 atom stereocenters. The molecule has 0 saturated carbocycles. The van der Waals surface area contributed by atoms with Crippen LogP contribution in [-0.4, -0.2) is 41.4 Å². The molecule has 1 unspecified atom stereocenters. The summed E-state index contributed by atoms with van der Waals surface area (Å²) in [6.07, 6.45) is 4.76. The zero-order chi connectivity index (χ0) is 30.0. The van der Waals surface area contributed by atoms with E-state index in [2.05, 4.69) is 82.2 Å². The number of nitrogens with two attached hydrogens (primary N) is 1. The lowest BCUT2D eigenvalue weighted by molar-refractivity contribution is -0.702. The fraction of sp³-hybridized carbons (Fsp3) is 0.448. The Bertz CT molecular complexity index is 1530. The second-order valence-electron chi connectivity index (χ2n) is 12.3. The SMILES string of the molecule is CC1(C)C[C@@H](CCC(Nc2cccc(S(=O)(=O)NC(=O)c3ccc(Br)nc3Cl)n2)c2cc(C(C)(C)C)ccn2)C[NH2+]1. The summed E-state index contributed by atoms with van der Waals surface area (Å²) >= 11 is 9.21. The van der Waals surface area contributed by atoms with Gasteiger partial charge in [0.25, 0.3) is 15.9 Å². The molecular weight excluding hydrogens is 628 g/mol.